The molecular formula is C30H26O10. The highest BCUT2D eigenvalue weighted by Gasteiger charge is 2.40. The van der Waals surface area contributed by atoms with Crippen molar-refractivity contribution < 1.29 is 50.3 Å². The van der Waals surface area contributed by atoms with Crippen molar-refractivity contribution in [1.29, 1.82) is 0 Å². The molecule has 10 nitrogen and oxygen atoms in total. The van der Waals surface area contributed by atoms with Gasteiger partial charge in [0.1, 0.15) is 41.0 Å². The van der Waals surface area contributed by atoms with Gasteiger partial charge < -0.3 is 50.3 Å². The molecule has 206 valence electrons. The minimum Gasteiger partial charge on any atom is -0.508 e. The molecule has 0 radical (unpaired) electrons. The maximum atomic E-state index is 11.2. The van der Waals surface area contributed by atoms with Crippen molar-refractivity contribution in [2.75, 3.05) is 0 Å². The third-order valence-corrected chi connectivity index (χ3v) is 7.52. The number of rotatable bonds is 3. The highest BCUT2D eigenvalue weighted by atomic mass is 16.5. The molecule has 4 aromatic carbocycles. The van der Waals surface area contributed by atoms with E-state index >= 15 is 0 Å². The lowest BCUT2D eigenvalue weighted by molar-refractivity contribution is 0.0184. The summed E-state index contributed by atoms with van der Waals surface area (Å²) in [6, 6.07) is 14.1. The van der Waals surface area contributed by atoms with E-state index in [2.05, 4.69) is 0 Å². The third-order valence-electron chi connectivity index (χ3n) is 7.52. The second-order valence-electron chi connectivity index (χ2n) is 10.1. The van der Waals surface area contributed by atoms with Crippen LogP contribution < -0.4 is 9.47 Å². The number of aliphatic hydroxyl groups excluding tert-OH is 1. The van der Waals surface area contributed by atoms with Gasteiger partial charge in [-0.15, -0.1) is 0 Å². The second-order valence-corrected chi connectivity index (χ2v) is 10.1. The van der Waals surface area contributed by atoms with Gasteiger partial charge in [-0.25, -0.2) is 0 Å². The van der Waals surface area contributed by atoms with E-state index in [1.165, 1.54) is 48.5 Å². The van der Waals surface area contributed by atoms with Crippen LogP contribution in [0.4, 0.5) is 0 Å². The molecule has 0 fully saturated rings. The summed E-state index contributed by atoms with van der Waals surface area (Å²) in [5.41, 5.74) is 2.13. The van der Waals surface area contributed by atoms with Gasteiger partial charge in [-0.3, -0.25) is 0 Å². The fourth-order valence-electron chi connectivity index (χ4n) is 5.56. The fraction of sp³-hybridized carbons (Fsp3) is 0.200. The topological polar surface area (TPSA) is 180 Å². The number of hydrogen-bond donors (Lipinski definition) is 8. The molecule has 4 aromatic rings. The summed E-state index contributed by atoms with van der Waals surface area (Å²) >= 11 is 0. The van der Waals surface area contributed by atoms with Gasteiger partial charge in [0.2, 0.25) is 0 Å². The molecule has 0 aromatic heterocycles. The Hall–Kier alpha value is -4.96. The summed E-state index contributed by atoms with van der Waals surface area (Å²) in [6.07, 6.45) is -2.58. The van der Waals surface area contributed by atoms with Crippen molar-refractivity contribution in [3.63, 3.8) is 0 Å². The predicted molar refractivity (Wildman–Crippen MR) is 140 cm³/mol. The predicted octanol–water partition coefficient (Wildman–Crippen LogP) is 4.32. The van der Waals surface area contributed by atoms with Crippen LogP contribution in [0.3, 0.4) is 0 Å². The highest BCUT2D eigenvalue weighted by Crippen LogP contribution is 2.55. The molecule has 0 aliphatic carbocycles. The molecule has 2 aliphatic rings. The van der Waals surface area contributed by atoms with Crippen molar-refractivity contribution in [1.82, 2.24) is 0 Å². The zero-order chi connectivity index (χ0) is 28.3. The van der Waals surface area contributed by atoms with Crippen molar-refractivity contribution >= 4 is 0 Å². The molecule has 0 saturated carbocycles. The number of phenolic OH excluding ortho intramolecular Hbond substituents is 7. The Morgan fingerprint density at radius 3 is 2.00 bits per heavy atom. The summed E-state index contributed by atoms with van der Waals surface area (Å²) < 4.78 is 12.4. The number of aliphatic hydroxyl groups is 1. The zero-order valence-corrected chi connectivity index (χ0v) is 20.9. The molecule has 0 unspecified atom stereocenters. The Morgan fingerprint density at radius 2 is 1.30 bits per heavy atom. The monoisotopic (exact) mass is 546 g/mol. The summed E-state index contributed by atoms with van der Waals surface area (Å²) in [5, 5.41) is 82.6. The van der Waals surface area contributed by atoms with Crippen molar-refractivity contribution in [3.8, 4) is 51.7 Å². The smallest absolute Gasteiger partial charge is 0.157 e. The van der Waals surface area contributed by atoms with E-state index in [4.69, 9.17) is 9.47 Å². The highest BCUT2D eigenvalue weighted by molar-refractivity contribution is 5.63. The van der Waals surface area contributed by atoms with Gasteiger partial charge in [0.25, 0.3) is 0 Å². The maximum Gasteiger partial charge on any atom is 0.157 e. The van der Waals surface area contributed by atoms with Gasteiger partial charge in [0, 0.05) is 41.2 Å². The fourth-order valence-corrected chi connectivity index (χ4v) is 5.56. The van der Waals surface area contributed by atoms with Crippen LogP contribution in [-0.2, 0) is 6.42 Å². The van der Waals surface area contributed by atoms with E-state index in [1.54, 1.807) is 12.1 Å². The number of aromatic hydroxyl groups is 7. The van der Waals surface area contributed by atoms with Crippen LogP contribution in [0.25, 0.3) is 0 Å². The average Bonchev–Trinajstić information content (AvgIpc) is 2.91. The first-order valence-electron chi connectivity index (χ1n) is 12.6. The maximum absolute atomic E-state index is 11.2. The average molecular weight is 547 g/mol. The normalized spacial score (nSPS) is 21.5. The molecular weight excluding hydrogens is 520 g/mol. The summed E-state index contributed by atoms with van der Waals surface area (Å²) in [6.45, 7) is 0. The number of ether oxygens (including phenoxy) is 2. The summed E-state index contributed by atoms with van der Waals surface area (Å²) in [7, 11) is 0. The van der Waals surface area contributed by atoms with Crippen LogP contribution >= 0.6 is 0 Å². The van der Waals surface area contributed by atoms with E-state index in [0.29, 0.717) is 28.0 Å². The van der Waals surface area contributed by atoms with E-state index in [0.717, 1.165) is 0 Å². The zero-order valence-electron chi connectivity index (χ0n) is 20.9. The van der Waals surface area contributed by atoms with Gasteiger partial charge in [0.15, 0.2) is 23.0 Å². The summed E-state index contributed by atoms with van der Waals surface area (Å²) in [4.78, 5) is 0. The number of fused-ring (bicyclic) bond motifs is 2. The first-order chi connectivity index (χ1) is 19.1. The van der Waals surface area contributed by atoms with Crippen molar-refractivity contribution in [2.45, 2.75) is 37.1 Å². The Bertz CT molecular complexity index is 1630. The molecule has 10 heteroatoms. The minimum absolute atomic E-state index is 0.0261. The number of phenols is 7. The largest absolute Gasteiger partial charge is 0.508 e. The molecule has 0 saturated heterocycles. The first-order valence-corrected chi connectivity index (χ1v) is 12.6. The standard InChI is InChI=1S/C30H26O10/c31-15-3-4-16-17(11-26(39-27(16)9-15)13-1-5-19(32)22(35)7-13)28-24(37)12-21(34)18-10-25(38)29(40-30(18)28)14-2-6-20(33)23(36)8-14/h1-9,12,17,25-26,29,31-38H,10-11H2/t17-,25-,26-,29+/m0/s1. The van der Waals surface area contributed by atoms with Gasteiger partial charge in [-0.05, 0) is 47.9 Å². The van der Waals surface area contributed by atoms with E-state index < -0.39 is 30.0 Å². The lowest BCUT2D eigenvalue weighted by Gasteiger charge is -2.37. The van der Waals surface area contributed by atoms with Gasteiger partial charge in [-0.1, -0.05) is 18.2 Å². The molecule has 40 heavy (non-hydrogen) atoms. The van der Waals surface area contributed by atoms with Crippen LogP contribution in [0.2, 0.25) is 0 Å². The van der Waals surface area contributed by atoms with Crippen molar-refractivity contribution in [3.05, 3.63) is 88.5 Å². The van der Waals surface area contributed by atoms with Crippen molar-refractivity contribution in [2.24, 2.45) is 0 Å². The quantitative estimate of drug-likeness (QED) is 0.172. The minimum atomic E-state index is -1.12. The van der Waals surface area contributed by atoms with E-state index in [1.807, 2.05) is 0 Å². The third kappa shape index (κ3) is 4.18. The molecule has 0 bridgehead atoms. The molecule has 2 heterocycles. The van der Waals surface area contributed by atoms with Crippen LogP contribution in [0.1, 0.15) is 52.4 Å². The van der Waals surface area contributed by atoms with Crippen LogP contribution in [-0.4, -0.2) is 47.0 Å². The van der Waals surface area contributed by atoms with Gasteiger partial charge >= 0.3 is 0 Å². The van der Waals surface area contributed by atoms with E-state index in [9.17, 15) is 40.9 Å². The van der Waals surface area contributed by atoms with Crippen LogP contribution in [0, 0.1) is 0 Å². The lowest BCUT2D eigenvalue weighted by Crippen LogP contribution is -2.31. The Kier molecular flexibility index (Phi) is 5.92. The molecule has 0 spiro atoms. The number of benzene rings is 4. The number of hydrogen-bond acceptors (Lipinski definition) is 10. The van der Waals surface area contributed by atoms with E-state index in [-0.39, 0.29) is 58.7 Å². The molecule has 8 N–H and O–H groups in total. The SMILES string of the molecule is Oc1ccc2c(c1)O[C@H](c1ccc(O)c(O)c1)C[C@@H]2c1c(O)cc(O)c2c1O[C@H](c1ccc(O)c(O)c1)[C@@H](O)C2. The van der Waals surface area contributed by atoms with Crippen LogP contribution in [0.5, 0.6) is 51.7 Å². The summed E-state index contributed by atoms with van der Waals surface area (Å²) in [5.74, 6) is -2.05. The second kappa shape index (κ2) is 9.35. The Morgan fingerprint density at radius 1 is 0.625 bits per heavy atom. The molecule has 6 rings (SSSR count). The molecule has 4 atom stereocenters. The lowest BCUT2D eigenvalue weighted by atomic mass is 9.79. The van der Waals surface area contributed by atoms with Gasteiger partial charge in [0.05, 0.1) is 6.10 Å². The first kappa shape index (κ1) is 25.3. The van der Waals surface area contributed by atoms with Gasteiger partial charge in [-0.2, -0.15) is 0 Å². The molecule has 2 aliphatic heterocycles. The molecule has 0 amide bonds. The van der Waals surface area contributed by atoms with Crippen LogP contribution in [0.15, 0.2) is 60.7 Å². The Balaban J connectivity index is 1.49. The Labute approximate surface area is 227 Å².